The molecule has 1 aromatic carbocycles. The van der Waals surface area contributed by atoms with Gasteiger partial charge in [-0.2, -0.15) is 4.37 Å². The number of anilines is 1. The molecule has 3 rings (SSSR count). The number of amides is 1. The maximum Gasteiger partial charge on any atom is 0.223 e. The predicted octanol–water partition coefficient (Wildman–Crippen LogP) is 4.70. The van der Waals surface area contributed by atoms with E-state index in [9.17, 15) is 4.79 Å². The van der Waals surface area contributed by atoms with Crippen LogP contribution in [0.1, 0.15) is 56.8 Å². The molecule has 1 fully saturated rings. The summed E-state index contributed by atoms with van der Waals surface area (Å²) in [6.45, 7) is 4.74. The van der Waals surface area contributed by atoms with E-state index in [1.54, 1.807) is 0 Å². The molecule has 2 aromatic rings. The van der Waals surface area contributed by atoms with Crippen LogP contribution < -0.4 is 10.2 Å². The molecule has 0 atom stereocenters. The molecule has 1 aromatic heterocycles. The van der Waals surface area contributed by atoms with Crippen LogP contribution in [0.15, 0.2) is 24.3 Å². The standard InChI is InChI=1S/C21H29ClN4OS/c1-2-3-4-5-12-23-20(27)17-10-13-26(14-11-17)21-24-19(25-28-21)15-16-6-8-18(22)9-7-16/h6-9,17H,2-5,10-15H2,1H3,(H,23,27). The molecule has 7 heteroatoms. The first kappa shape index (κ1) is 21.1. The highest BCUT2D eigenvalue weighted by Crippen LogP contribution is 2.25. The van der Waals surface area contributed by atoms with Crippen LogP contribution in [0.4, 0.5) is 5.13 Å². The fourth-order valence-electron chi connectivity index (χ4n) is 3.47. The van der Waals surface area contributed by atoms with E-state index in [0.29, 0.717) is 6.42 Å². The van der Waals surface area contributed by atoms with Gasteiger partial charge in [0.1, 0.15) is 5.82 Å². The average Bonchev–Trinajstić information content (AvgIpc) is 3.18. The summed E-state index contributed by atoms with van der Waals surface area (Å²) in [6, 6.07) is 7.80. The molecule has 5 nitrogen and oxygen atoms in total. The molecule has 0 saturated carbocycles. The van der Waals surface area contributed by atoms with Crippen molar-refractivity contribution >= 4 is 34.2 Å². The lowest BCUT2D eigenvalue weighted by Crippen LogP contribution is -2.40. The highest BCUT2D eigenvalue weighted by molar-refractivity contribution is 7.09. The van der Waals surface area contributed by atoms with Crippen molar-refractivity contribution in [1.82, 2.24) is 14.7 Å². The Balaban J connectivity index is 1.43. The molecular formula is C21H29ClN4OS. The predicted molar refractivity (Wildman–Crippen MR) is 116 cm³/mol. The Labute approximate surface area is 176 Å². The summed E-state index contributed by atoms with van der Waals surface area (Å²) in [4.78, 5) is 19.3. The van der Waals surface area contributed by atoms with Crippen molar-refractivity contribution in [2.45, 2.75) is 51.9 Å². The van der Waals surface area contributed by atoms with Crippen molar-refractivity contribution in [2.24, 2.45) is 5.92 Å². The smallest absolute Gasteiger partial charge is 0.223 e. The second kappa shape index (κ2) is 10.8. The Hall–Kier alpha value is -1.66. The van der Waals surface area contributed by atoms with Crippen molar-refractivity contribution in [3.8, 4) is 0 Å². The van der Waals surface area contributed by atoms with Crippen LogP contribution in [0.3, 0.4) is 0 Å². The lowest BCUT2D eigenvalue weighted by atomic mass is 9.96. The van der Waals surface area contributed by atoms with Crippen LogP contribution in [-0.2, 0) is 11.2 Å². The lowest BCUT2D eigenvalue weighted by Gasteiger charge is -2.30. The summed E-state index contributed by atoms with van der Waals surface area (Å²) in [7, 11) is 0. The van der Waals surface area contributed by atoms with Gasteiger partial charge in [0.15, 0.2) is 0 Å². The van der Waals surface area contributed by atoms with E-state index < -0.39 is 0 Å². The fourth-order valence-corrected chi connectivity index (χ4v) is 4.33. The van der Waals surface area contributed by atoms with Gasteiger partial charge in [0.05, 0.1) is 0 Å². The van der Waals surface area contributed by atoms with Crippen LogP contribution in [0.25, 0.3) is 0 Å². The van der Waals surface area contributed by atoms with Crippen LogP contribution >= 0.6 is 23.1 Å². The first-order chi connectivity index (χ1) is 13.7. The van der Waals surface area contributed by atoms with Gasteiger partial charge in [-0.1, -0.05) is 49.9 Å². The Bertz CT molecular complexity index is 741. The van der Waals surface area contributed by atoms with Crippen molar-refractivity contribution in [1.29, 1.82) is 0 Å². The summed E-state index contributed by atoms with van der Waals surface area (Å²) in [5.41, 5.74) is 1.16. The van der Waals surface area contributed by atoms with Gasteiger partial charge in [0.2, 0.25) is 11.0 Å². The molecule has 1 N–H and O–H groups in total. The number of unbranched alkanes of at least 4 members (excludes halogenated alkanes) is 3. The SMILES string of the molecule is CCCCCCNC(=O)C1CCN(c2nc(Cc3ccc(Cl)cc3)ns2)CC1. The maximum atomic E-state index is 12.3. The van der Waals surface area contributed by atoms with Crippen molar-refractivity contribution in [3.05, 3.63) is 40.7 Å². The average molecular weight is 421 g/mol. The molecular weight excluding hydrogens is 392 g/mol. The zero-order chi connectivity index (χ0) is 19.8. The number of benzene rings is 1. The Morgan fingerprint density at radius 2 is 1.96 bits per heavy atom. The van der Waals surface area contributed by atoms with Gasteiger partial charge in [-0.05, 0) is 37.0 Å². The summed E-state index contributed by atoms with van der Waals surface area (Å²) in [6.07, 6.45) is 7.23. The van der Waals surface area contributed by atoms with Gasteiger partial charge in [-0.15, -0.1) is 0 Å². The number of hydrogen-bond acceptors (Lipinski definition) is 5. The van der Waals surface area contributed by atoms with E-state index in [1.807, 2.05) is 24.3 Å². The minimum atomic E-state index is 0.129. The number of nitrogens with zero attached hydrogens (tertiary/aromatic N) is 3. The number of halogens is 1. The van der Waals surface area contributed by atoms with Crippen molar-refractivity contribution < 1.29 is 4.79 Å². The number of carbonyl (C=O) groups excluding carboxylic acids is 1. The van der Waals surface area contributed by atoms with Crippen LogP contribution in [-0.4, -0.2) is 34.9 Å². The van der Waals surface area contributed by atoms with Crippen LogP contribution in [0, 0.1) is 5.92 Å². The molecule has 28 heavy (non-hydrogen) atoms. The molecule has 152 valence electrons. The Morgan fingerprint density at radius 1 is 1.21 bits per heavy atom. The first-order valence-electron chi connectivity index (χ1n) is 10.3. The van der Waals surface area contributed by atoms with Crippen LogP contribution in [0.5, 0.6) is 0 Å². The van der Waals surface area contributed by atoms with Crippen LogP contribution in [0.2, 0.25) is 5.02 Å². The molecule has 0 spiro atoms. The minimum Gasteiger partial charge on any atom is -0.356 e. The van der Waals surface area contributed by atoms with Crippen molar-refractivity contribution in [3.63, 3.8) is 0 Å². The number of rotatable bonds is 9. The number of hydrogen-bond donors (Lipinski definition) is 1. The number of carbonyl (C=O) groups is 1. The lowest BCUT2D eigenvalue weighted by molar-refractivity contribution is -0.125. The summed E-state index contributed by atoms with van der Waals surface area (Å²) in [5, 5.41) is 4.81. The summed E-state index contributed by atoms with van der Waals surface area (Å²) >= 11 is 7.39. The van der Waals surface area contributed by atoms with E-state index in [2.05, 4.69) is 21.5 Å². The number of piperidine rings is 1. The fraction of sp³-hybridized carbons (Fsp3) is 0.571. The third-order valence-corrected chi connectivity index (χ3v) is 6.27. The number of nitrogens with one attached hydrogen (secondary N) is 1. The maximum absolute atomic E-state index is 12.3. The van der Waals surface area contributed by atoms with E-state index in [-0.39, 0.29) is 11.8 Å². The molecule has 0 bridgehead atoms. The van der Waals surface area contributed by atoms with Gasteiger partial charge in [-0.3, -0.25) is 4.79 Å². The molecule has 0 unspecified atom stereocenters. The van der Waals surface area contributed by atoms with E-state index in [1.165, 1.54) is 30.8 Å². The highest BCUT2D eigenvalue weighted by Gasteiger charge is 2.26. The zero-order valence-electron chi connectivity index (χ0n) is 16.5. The largest absolute Gasteiger partial charge is 0.356 e. The third kappa shape index (κ3) is 6.17. The van der Waals surface area contributed by atoms with Gasteiger partial charge < -0.3 is 10.2 Å². The Morgan fingerprint density at radius 3 is 2.68 bits per heavy atom. The normalized spacial score (nSPS) is 15.0. The molecule has 1 aliphatic rings. The van der Waals surface area contributed by atoms with Gasteiger partial charge in [0, 0.05) is 48.5 Å². The molecule has 1 saturated heterocycles. The molecule has 1 amide bonds. The summed E-state index contributed by atoms with van der Waals surface area (Å²) < 4.78 is 4.50. The minimum absolute atomic E-state index is 0.129. The second-order valence-electron chi connectivity index (χ2n) is 7.41. The highest BCUT2D eigenvalue weighted by atomic mass is 35.5. The van der Waals surface area contributed by atoms with Gasteiger partial charge in [0.25, 0.3) is 0 Å². The van der Waals surface area contributed by atoms with E-state index in [4.69, 9.17) is 16.6 Å². The molecule has 0 radical (unpaired) electrons. The first-order valence-corrected chi connectivity index (χ1v) is 11.4. The Kier molecular flexibility index (Phi) is 8.10. The molecule has 2 heterocycles. The monoisotopic (exact) mass is 420 g/mol. The molecule has 1 aliphatic heterocycles. The third-order valence-electron chi connectivity index (χ3n) is 5.20. The van der Waals surface area contributed by atoms with E-state index >= 15 is 0 Å². The topological polar surface area (TPSA) is 58.1 Å². The van der Waals surface area contributed by atoms with Gasteiger partial charge in [-0.25, -0.2) is 4.98 Å². The summed E-state index contributed by atoms with van der Waals surface area (Å²) in [5.74, 6) is 1.19. The van der Waals surface area contributed by atoms with Crippen molar-refractivity contribution in [2.75, 3.05) is 24.5 Å². The zero-order valence-corrected chi connectivity index (χ0v) is 18.1. The second-order valence-corrected chi connectivity index (χ2v) is 8.58. The molecule has 0 aliphatic carbocycles. The van der Waals surface area contributed by atoms with Gasteiger partial charge >= 0.3 is 0 Å². The number of aromatic nitrogens is 2. The van der Waals surface area contributed by atoms with E-state index in [0.717, 1.165) is 60.4 Å². The quantitative estimate of drug-likeness (QED) is 0.597.